The second-order valence-electron chi connectivity index (χ2n) is 7.94. The van der Waals surface area contributed by atoms with E-state index in [1.807, 2.05) is 0 Å². The number of anilines is 1. The maximum Gasteiger partial charge on any atom is 0.243 e. The highest BCUT2D eigenvalue weighted by molar-refractivity contribution is 7.89. The van der Waals surface area contributed by atoms with Gasteiger partial charge >= 0.3 is 0 Å². The van der Waals surface area contributed by atoms with E-state index in [1.54, 1.807) is 17.0 Å². The molecule has 0 N–H and O–H groups in total. The van der Waals surface area contributed by atoms with Crippen molar-refractivity contribution in [1.82, 2.24) is 9.21 Å². The number of carbonyl (C=O) groups is 1. The van der Waals surface area contributed by atoms with Gasteiger partial charge in [-0.15, -0.1) is 0 Å². The minimum absolute atomic E-state index is 0.0298. The third-order valence-electron chi connectivity index (χ3n) is 5.97. The minimum Gasteiger partial charge on any atom is -0.368 e. The van der Waals surface area contributed by atoms with Crippen molar-refractivity contribution < 1.29 is 22.0 Å². The summed E-state index contributed by atoms with van der Waals surface area (Å²) in [5, 5.41) is 0. The Hall–Kier alpha value is -2.52. The van der Waals surface area contributed by atoms with Crippen molar-refractivity contribution in [3.05, 3.63) is 60.2 Å². The number of nitrogens with zero attached hydrogens (tertiary/aromatic N) is 3. The monoisotopic (exact) mass is 449 g/mol. The molecule has 0 unspecified atom stereocenters. The predicted octanol–water partition coefficient (Wildman–Crippen LogP) is 2.71. The van der Waals surface area contributed by atoms with Crippen LogP contribution in [0.4, 0.5) is 14.5 Å². The Morgan fingerprint density at radius 3 is 2.03 bits per heavy atom. The van der Waals surface area contributed by atoms with Gasteiger partial charge in [0.05, 0.1) is 10.8 Å². The molecule has 2 saturated heterocycles. The number of rotatable bonds is 4. The quantitative estimate of drug-likeness (QED) is 0.720. The van der Waals surface area contributed by atoms with Crippen LogP contribution in [0.3, 0.4) is 0 Å². The summed E-state index contributed by atoms with van der Waals surface area (Å²) < 4.78 is 53.5. The van der Waals surface area contributed by atoms with Gasteiger partial charge in [-0.2, -0.15) is 4.31 Å². The third-order valence-corrected chi connectivity index (χ3v) is 7.85. The molecule has 2 aliphatic heterocycles. The summed E-state index contributed by atoms with van der Waals surface area (Å²) in [4.78, 5) is 17.0. The zero-order valence-electron chi connectivity index (χ0n) is 17.1. The molecule has 31 heavy (non-hydrogen) atoms. The standard InChI is InChI=1S/C22H25F2N3O3S/c23-18-3-7-20(8-4-18)25-12-14-26(15-13-25)22(28)17-2-1-11-27(16-17)31(29,30)21-9-5-19(24)6-10-21/h3-10,17H,1-2,11-16H2/t17-/m1/s1. The van der Waals surface area contributed by atoms with E-state index in [0.29, 0.717) is 45.6 Å². The Labute approximate surface area is 181 Å². The van der Waals surface area contributed by atoms with Gasteiger partial charge in [0.1, 0.15) is 11.6 Å². The Morgan fingerprint density at radius 1 is 0.839 bits per heavy atom. The molecule has 2 aromatic rings. The largest absolute Gasteiger partial charge is 0.368 e. The van der Waals surface area contributed by atoms with Crippen molar-refractivity contribution in [2.75, 3.05) is 44.2 Å². The van der Waals surface area contributed by atoms with E-state index < -0.39 is 15.8 Å². The van der Waals surface area contributed by atoms with Gasteiger partial charge in [-0.1, -0.05) is 0 Å². The van der Waals surface area contributed by atoms with Gasteiger partial charge in [0.25, 0.3) is 0 Å². The fourth-order valence-electron chi connectivity index (χ4n) is 4.21. The van der Waals surface area contributed by atoms with Crippen LogP contribution in [0, 0.1) is 17.6 Å². The van der Waals surface area contributed by atoms with Crippen LogP contribution in [0.1, 0.15) is 12.8 Å². The van der Waals surface area contributed by atoms with E-state index in [-0.39, 0.29) is 29.1 Å². The molecule has 2 heterocycles. The van der Waals surface area contributed by atoms with E-state index in [9.17, 15) is 22.0 Å². The average molecular weight is 450 g/mol. The summed E-state index contributed by atoms with van der Waals surface area (Å²) in [6.07, 6.45) is 1.25. The van der Waals surface area contributed by atoms with Crippen LogP contribution in [0.25, 0.3) is 0 Å². The zero-order valence-corrected chi connectivity index (χ0v) is 17.9. The van der Waals surface area contributed by atoms with Crippen molar-refractivity contribution >= 4 is 21.6 Å². The summed E-state index contributed by atoms with van der Waals surface area (Å²) in [7, 11) is -3.77. The average Bonchev–Trinajstić information content (AvgIpc) is 2.80. The van der Waals surface area contributed by atoms with Crippen molar-refractivity contribution in [3.8, 4) is 0 Å². The molecule has 0 aromatic heterocycles. The molecule has 2 fully saturated rings. The Kier molecular flexibility index (Phi) is 6.24. The van der Waals surface area contributed by atoms with Crippen molar-refractivity contribution in [2.24, 2.45) is 5.92 Å². The first-order valence-corrected chi connectivity index (χ1v) is 11.8. The topological polar surface area (TPSA) is 60.9 Å². The summed E-state index contributed by atoms with van der Waals surface area (Å²) in [6.45, 7) is 2.84. The van der Waals surface area contributed by atoms with E-state index in [1.165, 1.54) is 28.6 Å². The number of amides is 1. The maximum atomic E-state index is 13.2. The Bertz CT molecular complexity index is 1020. The SMILES string of the molecule is O=C([C@@H]1CCCN(S(=O)(=O)c2ccc(F)cc2)C1)N1CCN(c2ccc(F)cc2)CC1. The van der Waals surface area contributed by atoms with Crippen molar-refractivity contribution in [2.45, 2.75) is 17.7 Å². The summed E-state index contributed by atoms with van der Waals surface area (Å²) >= 11 is 0. The molecule has 0 saturated carbocycles. The molecule has 2 aliphatic rings. The summed E-state index contributed by atoms with van der Waals surface area (Å²) in [5.74, 6) is -1.19. The Balaban J connectivity index is 1.38. The van der Waals surface area contributed by atoms with Crippen LogP contribution in [0.15, 0.2) is 53.4 Å². The van der Waals surface area contributed by atoms with Gasteiger partial charge in [-0.25, -0.2) is 17.2 Å². The molecule has 166 valence electrons. The number of carbonyl (C=O) groups excluding carboxylic acids is 1. The lowest BCUT2D eigenvalue weighted by molar-refractivity contribution is -0.137. The van der Waals surface area contributed by atoms with Crippen LogP contribution < -0.4 is 4.90 Å². The number of benzene rings is 2. The molecule has 9 heteroatoms. The number of piperazine rings is 1. The summed E-state index contributed by atoms with van der Waals surface area (Å²) in [6, 6.07) is 11.1. The zero-order chi connectivity index (χ0) is 22.0. The second kappa shape index (κ2) is 8.92. The molecule has 0 radical (unpaired) electrons. The lowest BCUT2D eigenvalue weighted by Crippen LogP contribution is -2.53. The predicted molar refractivity (Wildman–Crippen MR) is 113 cm³/mol. The van der Waals surface area contributed by atoms with Crippen LogP contribution in [0.2, 0.25) is 0 Å². The van der Waals surface area contributed by atoms with Crippen LogP contribution in [-0.4, -0.2) is 62.8 Å². The molecule has 4 rings (SSSR count). The van der Waals surface area contributed by atoms with Crippen molar-refractivity contribution in [1.29, 1.82) is 0 Å². The second-order valence-corrected chi connectivity index (χ2v) is 9.88. The third kappa shape index (κ3) is 4.72. The van der Waals surface area contributed by atoms with Gasteiger partial charge in [0.15, 0.2) is 0 Å². The van der Waals surface area contributed by atoms with E-state index in [4.69, 9.17) is 0 Å². The van der Waals surface area contributed by atoms with Crippen molar-refractivity contribution in [3.63, 3.8) is 0 Å². The smallest absolute Gasteiger partial charge is 0.243 e. The molecule has 0 bridgehead atoms. The van der Waals surface area contributed by atoms with Crippen LogP contribution in [-0.2, 0) is 14.8 Å². The van der Waals surface area contributed by atoms with Gasteiger partial charge in [0.2, 0.25) is 15.9 Å². The fraction of sp³-hybridized carbons (Fsp3) is 0.409. The molecular formula is C22H25F2N3O3S. The maximum absolute atomic E-state index is 13.2. The molecular weight excluding hydrogens is 424 g/mol. The number of hydrogen-bond acceptors (Lipinski definition) is 4. The molecule has 2 aromatic carbocycles. The van der Waals surface area contributed by atoms with Gasteiger partial charge in [0, 0.05) is 45.0 Å². The van der Waals surface area contributed by atoms with Gasteiger partial charge < -0.3 is 9.80 Å². The van der Waals surface area contributed by atoms with Gasteiger partial charge in [-0.05, 0) is 61.4 Å². The number of hydrogen-bond donors (Lipinski definition) is 0. The first kappa shape index (κ1) is 21.7. The number of sulfonamides is 1. The highest BCUT2D eigenvalue weighted by Gasteiger charge is 2.35. The lowest BCUT2D eigenvalue weighted by Gasteiger charge is -2.39. The van der Waals surface area contributed by atoms with Gasteiger partial charge in [-0.3, -0.25) is 4.79 Å². The summed E-state index contributed by atoms with van der Waals surface area (Å²) in [5.41, 5.74) is 0.919. The highest BCUT2D eigenvalue weighted by Crippen LogP contribution is 2.26. The molecule has 1 amide bonds. The number of halogens is 2. The van der Waals surface area contributed by atoms with Crippen LogP contribution >= 0.6 is 0 Å². The van der Waals surface area contributed by atoms with E-state index in [2.05, 4.69) is 4.90 Å². The van der Waals surface area contributed by atoms with E-state index in [0.717, 1.165) is 17.8 Å². The normalized spacial score (nSPS) is 20.6. The molecule has 1 atom stereocenters. The first-order chi connectivity index (χ1) is 14.8. The number of piperidine rings is 1. The highest BCUT2D eigenvalue weighted by atomic mass is 32.2. The molecule has 0 aliphatic carbocycles. The lowest BCUT2D eigenvalue weighted by atomic mass is 9.97. The molecule has 0 spiro atoms. The molecule has 6 nitrogen and oxygen atoms in total. The Morgan fingerprint density at radius 2 is 1.42 bits per heavy atom. The minimum atomic E-state index is -3.77. The van der Waals surface area contributed by atoms with Crippen LogP contribution in [0.5, 0.6) is 0 Å². The van der Waals surface area contributed by atoms with E-state index >= 15 is 0 Å². The first-order valence-electron chi connectivity index (χ1n) is 10.4. The fourth-order valence-corrected chi connectivity index (χ4v) is 5.74.